The van der Waals surface area contributed by atoms with Gasteiger partial charge in [-0.2, -0.15) is 0 Å². The number of H-pyrrole nitrogens is 1. The number of nitrogens with zero attached hydrogens (tertiary/aromatic N) is 3. The molecule has 3 rings (SSSR count). The zero-order valence-corrected chi connectivity index (χ0v) is 10.9. The van der Waals surface area contributed by atoms with Crippen LogP contribution in [0.15, 0.2) is 42.9 Å². The molecule has 0 aliphatic heterocycles. The van der Waals surface area contributed by atoms with Crippen molar-refractivity contribution in [2.75, 3.05) is 24.3 Å². The van der Waals surface area contributed by atoms with Gasteiger partial charge in [-0.25, -0.2) is 9.97 Å². The molecule has 5 heteroatoms. The van der Waals surface area contributed by atoms with Gasteiger partial charge < -0.3 is 15.2 Å². The van der Waals surface area contributed by atoms with Crippen molar-refractivity contribution >= 4 is 28.2 Å². The average Bonchev–Trinajstić information content (AvgIpc) is 2.88. The number of nitrogens with one attached hydrogen (secondary N) is 2. The quantitative estimate of drug-likeness (QED) is 0.753. The largest absolute Gasteiger partial charge is 0.378 e. The standard InChI is InChI=1S/C14H15N5/c1-19(2)11-5-3-4-10(8-11)18-14-12-6-7-15-13(12)16-9-17-14/h3-9H,1-2H3,(H2,15,16,17,18). The minimum absolute atomic E-state index is 0.808. The van der Waals surface area contributed by atoms with Crippen molar-refractivity contribution in [2.45, 2.75) is 0 Å². The van der Waals surface area contributed by atoms with Crippen molar-refractivity contribution in [3.05, 3.63) is 42.9 Å². The van der Waals surface area contributed by atoms with E-state index in [1.54, 1.807) is 6.33 Å². The molecule has 0 bridgehead atoms. The molecule has 96 valence electrons. The Balaban J connectivity index is 1.97. The van der Waals surface area contributed by atoms with Gasteiger partial charge in [0.2, 0.25) is 0 Å². The number of fused-ring (bicyclic) bond motifs is 1. The highest BCUT2D eigenvalue weighted by atomic mass is 15.1. The fourth-order valence-corrected chi connectivity index (χ4v) is 1.97. The highest BCUT2D eigenvalue weighted by Crippen LogP contribution is 2.24. The van der Waals surface area contributed by atoms with E-state index < -0.39 is 0 Å². The Hall–Kier alpha value is -2.56. The Kier molecular flexibility index (Phi) is 2.79. The molecule has 1 aromatic carbocycles. The molecule has 0 aliphatic carbocycles. The molecule has 0 fully saturated rings. The molecule has 19 heavy (non-hydrogen) atoms. The lowest BCUT2D eigenvalue weighted by molar-refractivity contribution is 1.13. The summed E-state index contributed by atoms with van der Waals surface area (Å²) in [5, 5.41) is 4.31. The molecule has 0 unspecified atom stereocenters. The Morgan fingerprint density at radius 1 is 1.16 bits per heavy atom. The fraction of sp³-hybridized carbons (Fsp3) is 0.143. The van der Waals surface area contributed by atoms with E-state index in [0.29, 0.717) is 0 Å². The molecule has 0 amide bonds. The van der Waals surface area contributed by atoms with E-state index in [1.165, 1.54) is 0 Å². The Morgan fingerprint density at radius 2 is 2.05 bits per heavy atom. The molecule has 0 radical (unpaired) electrons. The average molecular weight is 253 g/mol. The van der Waals surface area contributed by atoms with Gasteiger partial charge in [0.1, 0.15) is 17.8 Å². The lowest BCUT2D eigenvalue weighted by Gasteiger charge is -2.14. The van der Waals surface area contributed by atoms with E-state index in [2.05, 4.69) is 37.3 Å². The summed E-state index contributed by atoms with van der Waals surface area (Å²) >= 11 is 0. The number of rotatable bonds is 3. The van der Waals surface area contributed by atoms with Gasteiger partial charge >= 0.3 is 0 Å². The van der Waals surface area contributed by atoms with Crippen molar-refractivity contribution in [3.8, 4) is 0 Å². The van der Waals surface area contributed by atoms with Crippen molar-refractivity contribution in [1.29, 1.82) is 0 Å². The summed E-state index contributed by atoms with van der Waals surface area (Å²) in [6.07, 6.45) is 3.41. The Labute approximate surface area is 111 Å². The normalized spacial score (nSPS) is 10.6. The van der Waals surface area contributed by atoms with Crippen LogP contribution in [0.4, 0.5) is 17.2 Å². The van der Waals surface area contributed by atoms with Crippen molar-refractivity contribution in [2.24, 2.45) is 0 Å². The predicted molar refractivity (Wildman–Crippen MR) is 77.9 cm³/mol. The van der Waals surface area contributed by atoms with Gasteiger partial charge in [-0.1, -0.05) is 6.07 Å². The predicted octanol–water partition coefficient (Wildman–Crippen LogP) is 2.77. The minimum Gasteiger partial charge on any atom is -0.378 e. The van der Waals surface area contributed by atoms with Gasteiger partial charge in [-0.05, 0) is 24.3 Å². The Morgan fingerprint density at radius 3 is 2.89 bits per heavy atom. The number of anilines is 3. The monoisotopic (exact) mass is 253 g/mol. The molecular formula is C14H15N5. The van der Waals surface area contributed by atoms with Crippen molar-refractivity contribution in [3.63, 3.8) is 0 Å². The third-order valence-corrected chi connectivity index (χ3v) is 2.98. The van der Waals surface area contributed by atoms with Gasteiger partial charge in [0.25, 0.3) is 0 Å². The number of aromatic amines is 1. The molecule has 2 aromatic heterocycles. The maximum Gasteiger partial charge on any atom is 0.143 e. The van der Waals surface area contributed by atoms with Crippen LogP contribution in [0.2, 0.25) is 0 Å². The van der Waals surface area contributed by atoms with Crippen LogP contribution in [0.25, 0.3) is 11.0 Å². The molecule has 0 saturated heterocycles. The summed E-state index contributed by atoms with van der Waals surface area (Å²) in [6.45, 7) is 0. The summed E-state index contributed by atoms with van der Waals surface area (Å²) in [6, 6.07) is 10.2. The molecule has 3 aromatic rings. The lowest BCUT2D eigenvalue weighted by atomic mass is 10.2. The third-order valence-electron chi connectivity index (χ3n) is 2.98. The minimum atomic E-state index is 0.808. The van der Waals surface area contributed by atoms with Gasteiger partial charge in [-0.15, -0.1) is 0 Å². The van der Waals surface area contributed by atoms with E-state index in [9.17, 15) is 0 Å². The summed E-state index contributed by atoms with van der Waals surface area (Å²) in [5.74, 6) is 0.808. The zero-order valence-electron chi connectivity index (χ0n) is 10.9. The van der Waals surface area contributed by atoms with Gasteiger partial charge in [0, 0.05) is 31.7 Å². The number of benzene rings is 1. The third kappa shape index (κ3) is 2.22. The molecule has 0 spiro atoms. The first-order valence-electron chi connectivity index (χ1n) is 6.06. The summed E-state index contributed by atoms with van der Waals surface area (Å²) in [4.78, 5) is 13.6. The summed E-state index contributed by atoms with van der Waals surface area (Å²) in [5.41, 5.74) is 2.98. The molecule has 0 aliphatic rings. The first-order valence-corrected chi connectivity index (χ1v) is 6.06. The van der Waals surface area contributed by atoms with Gasteiger partial charge in [0.15, 0.2) is 0 Å². The highest BCUT2D eigenvalue weighted by molar-refractivity contribution is 5.88. The molecule has 2 N–H and O–H groups in total. The molecule has 2 heterocycles. The first kappa shape index (κ1) is 11.5. The second-order valence-corrected chi connectivity index (χ2v) is 4.53. The van der Waals surface area contributed by atoms with Crippen LogP contribution in [-0.4, -0.2) is 29.0 Å². The van der Waals surface area contributed by atoms with Crippen LogP contribution >= 0.6 is 0 Å². The van der Waals surface area contributed by atoms with Crippen LogP contribution in [0, 0.1) is 0 Å². The summed E-state index contributed by atoms with van der Waals surface area (Å²) in [7, 11) is 4.04. The van der Waals surface area contributed by atoms with Crippen LogP contribution in [0.1, 0.15) is 0 Å². The zero-order chi connectivity index (χ0) is 13.2. The Bertz CT molecular complexity index is 702. The SMILES string of the molecule is CN(C)c1cccc(Nc2ncnc3[nH]ccc23)c1. The second kappa shape index (κ2) is 4.61. The van der Waals surface area contributed by atoms with Gasteiger partial charge in [-0.3, -0.25) is 0 Å². The van der Waals surface area contributed by atoms with Gasteiger partial charge in [0.05, 0.1) is 5.39 Å². The van der Waals surface area contributed by atoms with E-state index in [-0.39, 0.29) is 0 Å². The van der Waals surface area contributed by atoms with E-state index in [1.807, 2.05) is 38.5 Å². The van der Waals surface area contributed by atoms with Crippen LogP contribution in [0.3, 0.4) is 0 Å². The summed E-state index contributed by atoms with van der Waals surface area (Å²) < 4.78 is 0. The maximum absolute atomic E-state index is 4.29. The number of aromatic nitrogens is 3. The van der Waals surface area contributed by atoms with Crippen LogP contribution < -0.4 is 10.2 Å². The number of hydrogen-bond acceptors (Lipinski definition) is 4. The van der Waals surface area contributed by atoms with Crippen molar-refractivity contribution in [1.82, 2.24) is 15.0 Å². The topological polar surface area (TPSA) is 56.8 Å². The highest BCUT2D eigenvalue weighted by Gasteiger charge is 2.05. The molecule has 5 nitrogen and oxygen atoms in total. The van der Waals surface area contributed by atoms with Crippen LogP contribution in [-0.2, 0) is 0 Å². The maximum atomic E-state index is 4.29. The first-order chi connectivity index (χ1) is 9.24. The van der Waals surface area contributed by atoms with Crippen LogP contribution in [0.5, 0.6) is 0 Å². The lowest BCUT2D eigenvalue weighted by Crippen LogP contribution is -2.08. The van der Waals surface area contributed by atoms with E-state index >= 15 is 0 Å². The smallest absolute Gasteiger partial charge is 0.143 e. The van der Waals surface area contributed by atoms with E-state index in [4.69, 9.17) is 0 Å². The number of hydrogen-bond donors (Lipinski definition) is 2. The second-order valence-electron chi connectivity index (χ2n) is 4.53. The fourth-order valence-electron chi connectivity index (χ4n) is 1.97. The molecular weight excluding hydrogens is 238 g/mol. The van der Waals surface area contributed by atoms with Crippen molar-refractivity contribution < 1.29 is 0 Å². The molecule has 0 atom stereocenters. The van der Waals surface area contributed by atoms with E-state index in [0.717, 1.165) is 28.2 Å². The molecule has 0 saturated carbocycles.